The largest absolute Gasteiger partial charge is 0.370 e. The third-order valence-electron chi connectivity index (χ3n) is 4.00. The van der Waals surface area contributed by atoms with E-state index in [1.807, 2.05) is 6.92 Å². The van der Waals surface area contributed by atoms with Gasteiger partial charge in [0, 0.05) is 25.4 Å². The SMILES string of the molecule is CCOC(c1noc(C2CCC(=O)CC2)n1)C1CC1. The van der Waals surface area contributed by atoms with Gasteiger partial charge >= 0.3 is 0 Å². The summed E-state index contributed by atoms with van der Waals surface area (Å²) >= 11 is 0. The molecule has 0 saturated heterocycles. The fourth-order valence-electron chi connectivity index (χ4n) is 2.72. The van der Waals surface area contributed by atoms with E-state index in [1.54, 1.807) is 0 Å². The first kappa shape index (κ1) is 12.8. The monoisotopic (exact) mass is 264 g/mol. The Morgan fingerprint density at radius 3 is 2.68 bits per heavy atom. The van der Waals surface area contributed by atoms with E-state index in [0.29, 0.717) is 42.9 Å². The molecule has 0 spiro atoms. The maximum absolute atomic E-state index is 11.2. The van der Waals surface area contributed by atoms with Gasteiger partial charge in [-0.3, -0.25) is 4.79 Å². The average Bonchev–Trinajstić information content (AvgIpc) is 3.14. The quantitative estimate of drug-likeness (QED) is 0.818. The van der Waals surface area contributed by atoms with E-state index in [2.05, 4.69) is 10.1 Å². The third-order valence-corrected chi connectivity index (χ3v) is 4.00. The van der Waals surface area contributed by atoms with Gasteiger partial charge in [-0.2, -0.15) is 4.98 Å². The van der Waals surface area contributed by atoms with E-state index in [4.69, 9.17) is 9.26 Å². The highest BCUT2D eigenvalue weighted by Gasteiger charge is 2.37. The highest BCUT2D eigenvalue weighted by atomic mass is 16.5. The Kier molecular flexibility index (Phi) is 3.64. The minimum atomic E-state index is -0.00674. The summed E-state index contributed by atoms with van der Waals surface area (Å²) in [6.07, 6.45) is 5.32. The standard InChI is InChI=1S/C14H20N2O3/c1-2-18-12(9-3-4-9)13-15-14(19-16-13)10-5-7-11(17)8-6-10/h9-10,12H,2-8H2,1H3. The molecular weight excluding hydrogens is 244 g/mol. The van der Waals surface area contributed by atoms with Gasteiger partial charge in [0.15, 0.2) is 0 Å². The van der Waals surface area contributed by atoms with Gasteiger partial charge in [0.2, 0.25) is 11.7 Å². The fraction of sp³-hybridized carbons (Fsp3) is 0.786. The fourth-order valence-corrected chi connectivity index (χ4v) is 2.72. The van der Waals surface area contributed by atoms with Crippen LogP contribution >= 0.6 is 0 Å². The summed E-state index contributed by atoms with van der Waals surface area (Å²) < 4.78 is 11.1. The van der Waals surface area contributed by atoms with E-state index in [0.717, 1.165) is 12.8 Å². The number of ketones is 1. The molecule has 5 heteroatoms. The summed E-state index contributed by atoms with van der Waals surface area (Å²) in [7, 11) is 0. The zero-order chi connectivity index (χ0) is 13.2. The first-order valence-corrected chi connectivity index (χ1v) is 7.24. The van der Waals surface area contributed by atoms with Crippen molar-refractivity contribution >= 4 is 5.78 Å². The molecule has 2 aliphatic carbocycles. The second-order valence-corrected chi connectivity index (χ2v) is 5.52. The number of hydrogen-bond donors (Lipinski definition) is 0. The van der Waals surface area contributed by atoms with Gasteiger partial charge < -0.3 is 9.26 Å². The maximum Gasteiger partial charge on any atom is 0.229 e. The van der Waals surface area contributed by atoms with Crippen LogP contribution in [0.2, 0.25) is 0 Å². The van der Waals surface area contributed by atoms with Crippen LogP contribution in [0.25, 0.3) is 0 Å². The van der Waals surface area contributed by atoms with E-state index in [1.165, 1.54) is 12.8 Å². The lowest BCUT2D eigenvalue weighted by Crippen LogP contribution is -2.13. The minimum Gasteiger partial charge on any atom is -0.370 e. The van der Waals surface area contributed by atoms with Gasteiger partial charge in [-0.25, -0.2) is 0 Å². The second kappa shape index (κ2) is 5.41. The summed E-state index contributed by atoms with van der Waals surface area (Å²) in [5.74, 6) is 2.53. The molecule has 1 atom stereocenters. The first-order valence-electron chi connectivity index (χ1n) is 7.24. The Balaban J connectivity index is 1.69. The highest BCUT2D eigenvalue weighted by Crippen LogP contribution is 2.42. The van der Waals surface area contributed by atoms with Crippen molar-refractivity contribution in [3.8, 4) is 0 Å². The number of rotatable bonds is 5. The molecule has 0 aliphatic heterocycles. The van der Waals surface area contributed by atoms with Crippen LogP contribution < -0.4 is 0 Å². The molecule has 3 rings (SSSR count). The normalized spacial score (nSPS) is 22.7. The molecule has 2 fully saturated rings. The van der Waals surface area contributed by atoms with Crippen LogP contribution in [0.15, 0.2) is 4.52 Å². The molecule has 2 saturated carbocycles. The van der Waals surface area contributed by atoms with Crippen LogP contribution in [0.4, 0.5) is 0 Å². The Bertz CT molecular complexity index is 443. The molecule has 5 nitrogen and oxygen atoms in total. The van der Waals surface area contributed by atoms with Gasteiger partial charge in [-0.05, 0) is 38.5 Å². The average molecular weight is 264 g/mol. The molecule has 0 aromatic carbocycles. The van der Waals surface area contributed by atoms with Gasteiger partial charge in [0.05, 0.1) is 0 Å². The van der Waals surface area contributed by atoms with E-state index in [9.17, 15) is 4.79 Å². The number of carbonyl (C=O) groups is 1. The van der Waals surface area contributed by atoms with Crippen LogP contribution in [0.3, 0.4) is 0 Å². The molecule has 1 aromatic heterocycles. The summed E-state index contributed by atoms with van der Waals surface area (Å²) in [4.78, 5) is 15.8. The van der Waals surface area contributed by atoms with Crippen molar-refractivity contribution in [2.45, 2.75) is 57.5 Å². The number of ether oxygens (including phenoxy) is 1. The van der Waals surface area contributed by atoms with Crippen LogP contribution in [-0.2, 0) is 9.53 Å². The van der Waals surface area contributed by atoms with E-state index in [-0.39, 0.29) is 12.0 Å². The molecular formula is C14H20N2O3. The number of nitrogens with zero attached hydrogens (tertiary/aromatic N) is 2. The molecule has 1 heterocycles. The summed E-state index contributed by atoms with van der Waals surface area (Å²) in [5, 5.41) is 4.09. The molecule has 2 aliphatic rings. The molecule has 19 heavy (non-hydrogen) atoms. The molecule has 0 amide bonds. The Labute approximate surface area is 112 Å². The van der Waals surface area contributed by atoms with Crippen molar-refractivity contribution in [2.24, 2.45) is 5.92 Å². The number of hydrogen-bond acceptors (Lipinski definition) is 5. The number of aromatic nitrogens is 2. The Morgan fingerprint density at radius 2 is 2.05 bits per heavy atom. The Morgan fingerprint density at radius 1 is 1.32 bits per heavy atom. The van der Waals surface area contributed by atoms with Crippen LogP contribution in [0, 0.1) is 5.92 Å². The minimum absolute atomic E-state index is 0.00674. The maximum atomic E-state index is 11.2. The van der Waals surface area contributed by atoms with Crippen LogP contribution in [0.1, 0.15) is 69.2 Å². The molecule has 1 aromatic rings. The Hall–Kier alpha value is -1.23. The molecule has 0 radical (unpaired) electrons. The predicted octanol–water partition coefficient (Wildman–Crippen LogP) is 2.78. The van der Waals surface area contributed by atoms with Crippen LogP contribution in [-0.4, -0.2) is 22.5 Å². The zero-order valence-electron chi connectivity index (χ0n) is 11.3. The van der Waals surface area contributed by atoms with Gasteiger partial charge in [-0.15, -0.1) is 0 Å². The third kappa shape index (κ3) is 2.86. The van der Waals surface area contributed by atoms with Crippen molar-refractivity contribution in [1.82, 2.24) is 10.1 Å². The lowest BCUT2D eigenvalue weighted by molar-refractivity contribution is -0.120. The molecule has 104 valence electrons. The van der Waals surface area contributed by atoms with Crippen molar-refractivity contribution in [2.75, 3.05) is 6.61 Å². The number of carbonyl (C=O) groups excluding carboxylic acids is 1. The van der Waals surface area contributed by atoms with Gasteiger partial charge in [0.25, 0.3) is 0 Å². The summed E-state index contributed by atoms with van der Waals surface area (Å²) in [5.41, 5.74) is 0. The first-order chi connectivity index (χ1) is 9.28. The lowest BCUT2D eigenvalue weighted by atomic mass is 9.88. The zero-order valence-corrected chi connectivity index (χ0v) is 11.3. The van der Waals surface area contributed by atoms with E-state index < -0.39 is 0 Å². The second-order valence-electron chi connectivity index (χ2n) is 5.52. The van der Waals surface area contributed by atoms with Crippen molar-refractivity contribution in [3.63, 3.8) is 0 Å². The highest BCUT2D eigenvalue weighted by molar-refractivity contribution is 5.79. The van der Waals surface area contributed by atoms with Crippen molar-refractivity contribution in [1.29, 1.82) is 0 Å². The van der Waals surface area contributed by atoms with Crippen molar-refractivity contribution < 1.29 is 14.1 Å². The van der Waals surface area contributed by atoms with Crippen molar-refractivity contribution in [3.05, 3.63) is 11.7 Å². The lowest BCUT2D eigenvalue weighted by Gasteiger charge is -2.16. The molecule has 0 bridgehead atoms. The van der Waals surface area contributed by atoms with Crippen LogP contribution in [0.5, 0.6) is 0 Å². The van der Waals surface area contributed by atoms with E-state index >= 15 is 0 Å². The van der Waals surface area contributed by atoms with Gasteiger partial charge in [0.1, 0.15) is 11.9 Å². The summed E-state index contributed by atoms with van der Waals surface area (Å²) in [6, 6.07) is 0. The molecule has 1 unspecified atom stereocenters. The number of Topliss-reactive ketones (excluding diaryl/α,β-unsaturated/α-hetero) is 1. The predicted molar refractivity (Wildman–Crippen MR) is 67.6 cm³/mol. The molecule has 0 N–H and O–H groups in total. The topological polar surface area (TPSA) is 65.2 Å². The van der Waals surface area contributed by atoms with Gasteiger partial charge in [-0.1, -0.05) is 5.16 Å². The summed E-state index contributed by atoms with van der Waals surface area (Å²) in [6.45, 7) is 2.66. The smallest absolute Gasteiger partial charge is 0.229 e.